The lowest BCUT2D eigenvalue weighted by Gasteiger charge is -2.10. The second kappa shape index (κ2) is 13.0. The molecule has 0 saturated heterocycles. The molecule has 0 spiro atoms. The SMILES string of the molecule is COc1ccc(Oc2ccc(/C=C/C(=O)Nc3ccc(CC(=O)NCCN(C)C)cc3)cc2)cc1. The summed E-state index contributed by atoms with van der Waals surface area (Å²) >= 11 is 0. The number of nitrogens with zero attached hydrogens (tertiary/aromatic N) is 1. The second-order valence-corrected chi connectivity index (χ2v) is 8.20. The van der Waals surface area contributed by atoms with E-state index in [1.54, 1.807) is 25.3 Å². The fourth-order valence-electron chi connectivity index (χ4n) is 3.16. The van der Waals surface area contributed by atoms with Crippen LogP contribution in [0.1, 0.15) is 11.1 Å². The highest BCUT2D eigenvalue weighted by atomic mass is 16.5. The average Bonchev–Trinajstić information content (AvgIpc) is 2.85. The summed E-state index contributed by atoms with van der Waals surface area (Å²) in [6, 6.07) is 22.1. The third kappa shape index (κ3) is 8.98. The first-order valence-corrected chi connectivity index (χ1v) is 11.3. The van der Waals surface area contributed by atoms with Crippen LogP contribution < -0.4 is 20.1 Å². The Balaban J connectivity index is 1.45. The molecule has 182 valence electrons. The normalized spacial score (nSPS) is 10.9. The van der Waals surface area contributed by atoms with Crippen molar-refractivity contribution in [3.63, 3.8) is 0 Å². The van der Waals surface area contributed by atoms with E-state index in [4.69, 9.17) is 9.47 Å². The van der Waals surface area contributed by atoms with E-state index in [9.17, 15) is 9.59 Å². The minimum atomic E-state index is -0.238. The van der Waals surface area contributed by atoms with Crippen molar-refractivity contribution in [3.05, 3.63) is 90.0 Å². The summed E-state index contributed by atoms with van der Waals surface area (Å²) in [5, 5.41) is 5.72. The topological polar surface area (TPSA) is 79.9 Å². The van der Waals surface area contributed by atoms with E-state index in [0.29, 0.717) is 30.2 Å². The molecule has 35 heavy (non-hydrogen) atoms. The van der Waals surface area contributed by atoms with E-state index in [1.165, 1.54) is 6.08 Å². The highest BCUT2D eigenvalue weighted by molar-refractivity contribution is 6.01. The molecule has 0 fully saturated rings. The van der Waals surface area contributed by atoms with Gasteiger partial charge in [-0.2, -0.15) is 0 Å². The molecular weight excluding hydrogens is 442 g/mol. The van der Waals surface area contributed by atoms with Crippen molar-refractivity contribution in [1.29, 1.82) is 0 Å². The summed E-state index contributed by atoms with van der Waals surface area (Å²) in [5.74, 6) is 1.92. The number of nitrogens with one attached hydrogen (secondary N) is 2. The molecule has 0 aliphatic rings. The number of hydrogen-bond acceptors (Lipinski definition) is 5. The van der Waals surface area contributed by atoms with Crippen LogP contribution in [0.5, 0.6) is 17.2 Å². The minimum Gasteiger partial charge on any atom is -0.497 e. The largest absolute Gasteiger partial charge is 0.497 e. The van der Waals surface area contributed by atoms with Crippen LogP contribution in [0.2, 0.25) is 0 Å². The van der Waals surface area contributed by atoms with Gasteiger partial charge < -0.3 is 25.0 Å². The summed E-state index contributed by atoms with van der Waals surface area (Å²) in [7, 11) is 5.55. The molecule has 3 rings (SSSR count). The lowest BCUT2D eigenvalue weighted by molar-refractivity contribution is -0.120. The first-order valence-electron chi connectivity index (χ1n) is 11.3. The summed E-state index contributed by atoms with van der Waals surface area (Å²) in [6.45, 7) is 1.41. The fourth-order valence-corrected chi connectivity index (χ4v) is 3.16. The number of likely N-dealkylation sites (N-methyl/N-ethyl adjacent to an activating group) is 1. The number of benzene rings is 3. The van der Waals surface area contributed by atoms with E-state index in [0.717, 1.165) is 23.4 Å². The first kappa shape index (κ1) is 25.5. The molecule has 0 atom stereocenters. The number of anilines is 1. The summed E-state index contributed by atoms with van der Waals surface area (Å²) in [6.07, 6.45) is 3.52. The predicted octanol–water partition coefficient (Wildman–Crippen LogP) is 4.36. The van der Waals surface area contributed by atoms with Gasteiger partial charge in [0.2, 0.25) is 11.8 Å². The molecule has 0 aliphatic heterocycles. The van der Waals surface area contributed by atoms with Crippen molar-refractivity contribution < 1.29 is 19.1 Å². The van der Waals surface area contributed by atoms with Crippen LogP contribution in [0.25, 0.3) is 6.08 Å². The van der Waals surface area contributed by atoms with Crippen molar-refractivity contribution in [3.8, 4) is 17.2 Å². The number of methoxy groups -OCH3 is 1. The van der Waals surface area contributed by atoms with Crippen molar-refractivity contribution in [2.75, 3.05) is 39.6 Å². The van der Waals surface area contributed by atoms with E-state index in [-0.39, 0.29) is 11.8 Å². The van der Waals surface area contributed by atoms with E-state index >= 15 is 0 Å². The zero-order chi connectivity index (χ0) is 25.0. The zero-order valence-electron chi connectivity index (χ0n) is 20.3. The Labute approximate surface area is 206 Å². The molecular formula is C28H31N3O4. The standard InChI is InChI=1S/C28H31N3O4/c1-31(2)19-18-29-28(33)20-22-4-9-23(10-5-22)30-27(32)17-8-21-6-11-25(12-7-21)35-26-15-13-24(34-3)14-16-26/h4-17H,18-20H2,1-3H3,(H,29,33)(H,30,32)/b17-8+. The van der Waals surface area contributed by atoms with Gasteiger partial charge in [0, 0.05) is 24.9 Å². The zero-order valence-corrected chi connectivity index (χ0v) is 20.3. The van der Waals surface area contributed by atoms with Crippen LogP contribution in [-0.4, -0.2) is 51.0 Å². The van der Waals surface area contributed by atoms with Gasteiger partial charge in [0.25, 0.3) is 0 Å². The predicted molar refractivity (Wildman–Crippen MR) is 139 cm³/mol. The number of rotatable bonds is 11. The lowest BCUT2D eigenvalue weighted by atomic mass is 10.1. The van der Waals surface area contributed by atoms with Crippen LogP contribution in [0.3, 0.4) is 0 Å². The molecule has 0 radical (unpaired) electrons. The van der Waals surface area contributed by atoms with Crippen molar-refractivity contribution in [2.45, 2.75) is 6.42 Å². The number of amides is 2. The van der Waals surface area contributed by atoms with Gasteiger partial charge in [0.05, 0.1) is 13.5 Å². The molecule has 0 bridgehead atoms. The third-order valence-electron chi connectivity index (χ3n) is 5.07. The highest BCUT2D eigenvalue weighted by Gasteiger charge is 2.05. The number of ether oxygens (including phenoxy) is 2. The quantitative estimate of drug-likeness (QED) is 0.405. The lowest BCUT2D eigenvalue weighted by Crippen LogP contribution is -2.32. The van der Waals surface area contributed by atoms with Crippen LogP contribution in [0.4, 0.5) is 5.69 Å². The second-order valence-electron chi connectivity index (χ2n) is 8.20. The molecule has 0 aromatic heterocycles. The molecule has 3 aromatic rings. The Morgan fingerprint density at radius 1 is 0.857 bits per heavy atom. The maximum atomic E-state index is 12.3. The van der Waals surface area contributed by atoms with Crippen LogP contribution >= 0.6 is 0 Å². The number of carbonyl (C=O) groups excluding carboxylic acids is 2. The molecule has 7 nitrogen and oxygen atoms in total. The summed E-state index contributed by atoms with van der Waals surface area (Å²) < 4.78 is 11.0. The minimum absolute atomic E-state index is 0.0213. The molecule has 7 heteroatoms. The van der Waals surface area contributed by atoms with Gasteiger partial charge in [-0.05, 0) is 79.8 Å². The van der Waals surface area contributed by atoms with Crippen LogP contribution in [0.15, 0.2) is 78.9 Å². The Hall–Kier alpha value is -4.10. The molecule has 3 aromatic carbocycles. The molecule has 0 unspecified atom stereocenters. The Morgan fingerprint density at radius 3 is 2.06 bits per heavy atom. The first-order chi connectivity index (χ1) is 16.9. The maximum absolute atomic E-state index is 12.3. The third-order valence-corrected chi connectivity index (χ3v) is 5.07. The van der Waals surface area contributed by atoms with Gasteiger partial charge in [-0.1, -0.05) is 24.3 Å². The van der Waals surface area contributed by atoms with Gasteiger partial charge in [0.15, 0.2) is 0 Å². The Bertz CT molecular complexity index is 1120. The Kier molecular flexibility index (Phi) is 9.45. The average molecular weight is 474 g/mol. The monoisotopic (exact) mass is 473 g/mol. The molecule has 0 saturated carbocycles. The number of carbonyl (C=O) groups is 2. The van der Waals surface area contributed by atoms with Crippen molar-refractivity contribution >= 4 is 23.6 Å². The van der Waals surface area contributed by atoms with Gasteiger partial charge in [0.1, 0.15) is 17.2 Å². The van der Waals surface area contributed by atoms with Gasteiger partial charge in [-0.15, -0.1) is 0 Å². The van der Waals surface area contributed by atoms with Gasteiger partial charge in [-0.25, -0.2) is 0 Å². The van der Waals surface area contributed by atoms with Gasteiger partial charge in [-0.3, -0.25) is 9.59 Å². The van der Waals surface area contributed by atoms with E-state index < -0.39 is 0 Å². The maximum Gasteiger partial charge on any atom is 0.248 e. The van der Waals surface area contributed by atoms with E-state index in [1.807, 2.05) is 79.7 Å². The van der Waals surface area contributed by atoms with E-state index in [2.05, 4.69) is 10.6 Å². The molecule has 0 aliphatic carbocycles. The highest BCUT2D eigenvalue weighted by Crippen LogP contribution is 2.24. The fraction of sp³-hybridized carbons (Fsp3) is 0.214. The molecule has 2 N–H and O–H groups in total. The summed E-state index contributed by atoms with van der Waals surface area (Å²) in [4.78, 5) is 26.3. The van der Waals surface area contributed by atoms with Gasteiger partial charge >= 0.3 is 0 Å². The van der Waals surface area contributed by atoms with Crippen molar-refractivity contribution in [1.82, 2.24) is 10.2 Å². The van der Waals surface area contributed by atoms with Crippen LogP contribution in [0, 0.1) is 0 Å². The summed E-state index contributed by atoms with van der Waals surface area (Å²) in [5.41, 5.74) is 2.43. The smallest absolute Gasteiger partial charge is 0.248 e. The number of hydrogen-bond donors (Lipinski definition) is 2. The molecule has 2 amide bonds. The van der Waals surface area contributed by atoms with Crippen molar-refractivity contribution in [2.24, 2.45) is 0 Å². The van der Waals surface area contributed by atoms with Crippen LogP contribution in [-0.2, 0) is 16.0 Å². The Morgan fingerprint density at radius 2 is 1.46 bits per heavy atom. The molecule has 0 heterocycles.